The first-order valence-electron chi connectivity index (χ1n) is 7.86. The minimum Gasteiger partial charge on any atom is -0.492 e. The zero-order valence-electron chi connectivity index (χ0n) is 13.7. The van der Waals surface area contributed by atoms with Crippen molar-refractivity contribution >= 4 is 34.1 Å². The average molecular weight is 357 g/mol. The summed E-state index contributed by atoms with van der Waals surface area (Å²) in [6, 6.07) is 14.4. The molecule has 0 aliphatic heterocycles. The normalized spacial score (nSPS) is 10.5. The van der Waals surface area contributed by atoms with Crippen molar-refractivity contribution in [3.63, 3.8) is 0 Å². The first-order valence-corrected chi connectivity index (χ1v) is 8.24. The predicted molar refractivity (Wildman–Crippen MR) is 98.5 cm³/mol. The molecule has 1 aromatic heterocycles. The van der Waals surface area contributed by atoms with E-state index in [2.05, 4.69) is 10.3 Å². The van der Waals surface area contributed by atoms with E-state index in [1.54, 1.807) is 36.5 Å². The maximum absolute atomic E-state index is 12.2. The van der Waals surface area contributed by atoms with Crippen molar-refractivity contribution in [1.82, 2.24) is 4.98 Å². The van der Waals surface area contributed by atoms with Crippen molar-refractivity contribution < 1.29 is 14.3 Å². The summed E-state index contributed by atoms with van der Waals surface area (Å²) in [5, 5.41) is 4.16. The zero-order chi connectivity index (χ0) is 17.6. The van der Waals surface area contributed by atoms with Crippen molar-refractivity contribution in [2.24, 2.45) is 0 Å². The molecular formula is C19H17ClN2O3. The molecule has 1 N–H and O–H groups in total. The number of para-hydroxylation sites is 2. The molecule has 2 aromatic carbocycles. The summed E-state index contributed by atoms with van der Waals surface area (Å²) in [6.45, 7) is 2.26. The van der Waals surface area contributed by atoms with Crippen LogP contribution in [0.5, 0.6) is 11.5 Å². The second-order valence-electron chi connectivity index (χ2n) is 5.21. The number of carbonyl (C=O) groups excluding carboxylic acids is 1. The number of benzene rings is 2. The highest BCUT2D eigenvalue weighted by molar-refractivity contribution is 6.35. The summed E-state index contributed by atoms with van der Waals surface area (Å²) in [5.74, 6) is 0.844. The van der Waals surface area contributed by atoms with E-state index < -0.39 is 0 Å². The Kier molecular flexibility index (Phi) is 5.36. The van der Waals surface area contributed by atoms with E-state index in [1.807, 2.05) is 25.1 Å². The van der Waals surface area contributed by atoms with Gasteiger partial charge in [-0.05, 0) is 43.3 Å². The molecule has 0 unspecified atom stereocenters. The van der Waals surface area contributed by atoms with E-state index in [1.165, 1.54) is 0 Å². The number of hydrogen-bond acceptors (Lipinski definition) is 4. The predicted octanol–water partition coefficient (Wildman–Crippen LogP) is 4.30. The number of aromatic nitrogens is 1. The lowest BCUT2D eigenvalue weighted by Gasteiger charge is -2.12. The van der Waals surface area contributed by atoms with Gasteiger partial charge in [0.1, 0.15) is 17.0 Å². The number of hydrogen-bond donors (Lipinski definition) is 1. The molecule has 128 valence electrons. The van der Waals surface area contributed by atoms with Gasteiger partial charge in [0, 0.05) is 11.6 Å². The van der Waals surface area contributed by atoms with Crippen LogP contribution in [0.2, 0.25) is 5.02 Å². The topological polar surface area (TPSA) is 60.5 Å². The van der Waals surface area contributed by atoms with Gasteiger partial charge in [-0.3, -0.25) is 9.78 Å². The fourth-order valence-corrected chi connectivity index (χ4v) is 2.62. The second-order valence-corrected chi connectivity index (χ2v) is 5.62. The van der Waals surface area contributed by atoms with Crippen molar-refractivity contribution in [1.29, 1.82) is 0 Å². The van der Waals surface area contributed by atoms with Gasteiger partial charge in [0.15, 0.2) is 6.61 Å². The summed E-state index contributed by atoms with van der Waals surface area (Å²) < 4.78 is 11.1. The molecule has 5 nitrogen and oxygen atoms in total. The summed E-state index contributed by atoms with van der Waals surface area (Å²) in [6.07, 6.45) is 1.66. The Labute approximate surface area is 150 Å². The molecule has 0 radical (unpaired) electrons. The molecule has 3 rings (SSSR count). The highest BCUT2D eigenvalue weighted by Gasteiger charge is 2.11. The standard InChI is InChI=1S/C19H17ClN2O3/c1-2-24-16-8-4-3-7-15(16)22-18(23)12-25-17-10-9-14(20)13-6-5-11-21-19(13)17/h3-11H,2,12H2,1H3,(H,22,23). The summed E-state index contributed by atoms with van der Waals surface area (Å²) in [4.78, 5) is 16.5. The van der Waals surface area contributed by atoms with Crippen molar-refractivity contribution in [2.75, 3.05) is 18.5 Å². The van der Waals surface area contributed by atoms with E-state index in [9.17, 15) is 4.79 Å². The molecule has 0 fully saturated rings. The molecule has 0 saturated carbocycles. The Balaban J connectivity index is 1.70. The maximum Gasteiger partial charge on any atom is 0.262 e. The number of halogens is 1. The molecule has 0 aliphatic rings. The molecule has 0 saturated heterocycles. The van der Waals surface area contributed by atoms with Gasteiger partial charge in [-0.25, -0.2) is 0 Å². The van der Waals surface area contributed by atoms with Crippen LogP contribution in [0, 0.1) is 0 Å². The first-order chi connectivity index (χ1) is 12.2. The van der Waals surface area contributed by atoms with Crippen LogP contribution < -0.4 is 14.8 Å². The van der Waals surface area contributed by atoms with Crippen LogP contribution in [0.3, 0.4) is 0 Å². The van der Waals surface area contributed by atoms with Gasteiger partial charge in [-0.15, -0.1) is 0 Å². The van der Waals surface area contributed by atoms with Crippen LogP contribution in [0.15, 0.2) is 54.7 Å². The van der Waals surface area contributed by atoms with Crippen LogP contribution in [-0.2, 0) is 4.79 Å². The van der Waals surface area contributed by atoms with E-state index >= 15 is 0 Å². The van der Waals surface area contributed by atoms with Gasteiger partial charge in [0.25, 0.3) is 5.91 Å². The molecule has 0 atom stereocenters. The third-order valence-electron chi connectivity index (χ3n) is 3.50. The number of amides is 1. The van der Waals surface area contributed by atoms with Gasteiger partial charge >= 0.3 is 0 Å². The number of nitrogens with one attached hydrogen (secondary N) is 1. The van der Waals surface area contributed by atoms with Crippen LogP contribution in [0.4, 0.5) is 5.69 Å². The molecule has 3 aromatic rings. The van der Waals surface area contributed by atoms with E-state index in [0.717, 1.165) is 5.39 Å². The number of pyridine rings is 1. The van der Waals surface area contributed by atoms with Gasteiger partial charge < -0.3 is 14.8 Å². The number of carbonyl (C=O) groups is 1. The van der Waals surface area contributed by atoms with Crippen molar-refractivity contribution in [2.45, 2.75) is 6.92 Å². The zero-order valence-corrected chi connectivity index (χ0v) is 14.4. The Morgan fingerprint density at radius 2 is 1.92 bits per heavy atom. The first kappa shape index (κ1) is 17.0. The molecular weight excluding hydrogens is 340 g/mol. The highest BCUT2D eigenvalue weighted by atomic mass is 35.5. The molecule has 0 bridgehead atoms. The largest absolute Gasteiger partial charge is 0.492 e. The number of anilines is 1. The Morgan fingerprint density at radius 3 is 2.76 bits per heavy atom. The molecule has 6 heteroatoms. The highest BCUT2D eigenvalue weighted by Crippen LogP contribution is 2.29. The molecule has 25 heavy (non-hydrogen) atoms. The number of nitrogens with zero attached hydrogens (tertiary/aromatic N) is 1. The molecule has 1 heterocycles. The fourth-order valence-electron chi connectivity index (χ4n) is 2.41. The smallest absolute Gasteiger partial charge is 0.262 e. The van der Waals surface area contributed by atoms with Crippen molar-refractivity contribution in [3.8, 4) is 11.5 Å². The van der Waals surface area contributed by atoms with Gasteiger partial charge in [-0.2, -0.15) is 0 Å². The Hall–Kier alpha value is -2.79. The quantitative estimate of drug-likeness (QED) is 0.715. The minimum atomic E-state index is -0.286. The lowest BCUT2D eigenvalue weighted by molar-refractivity contribution is -0.118. The third kappa shape index (κ3) is 4.00. The summed E-state index contributed by atoms with van der Waals surface area (Å²) in [7, 11) is 0. The number of rotatable bonds is 6. The van der Waals surface area contributed by atoms with Gasteiger partial charge in [0.2, 0.25) is 0 Å². The van der Waals surface area contributed by atoms with Gasteiger partial charge in [0.05, 0.1) is 17.3 Å². The van der Waals surface area contributed by atoms with E-state index in [0.29, 0.717) is 34.3 Å². The van der Waals surface area contributed by atoms with Crippen molar-refractivity contribution in [3.05, 3.63) is 59.8 Å². The van der Waals surface area contributed by atoms with Crippen LogP contribution in [-0.4, -0.2) is 24.1 Å². The van der Waals surface area contributed by atoms with E-state index in [4.69, 9.17) is 21.1 Å². The lowest BCUT2D eigenvalue weighted by atomic mass is 10.2. The number of ether oxygens (including phenoxy) is 2. The summed E-state index contributed by atoms with van der Waals surface area (Å²) in [5.41, 5.74) is 1.23. The Bertz CT molecular complexity index is 899. The summed E-state index contributed by atoms with van der Waals surface area (Å²) >= 11 is 6.16. The molecule has 1 amide bonds. The third-order valence-corrected chi connectivity index (χ3v) is 3.83. The fraction of sp³-hybridized carbons (Fsp3) is 0.158. The second kappa shape index (κ2) is 7.85. The van der Waals surface area contributed by atoms with E-state index in [-0.39, 0.29) is 12.5 Å². The van der Waals surface area contributed by atoms with Crippen LogP contribution in [0.25, 0.3) is 10.9 Å². The van der Waals surface area contributed by atoms with Crippen LogP contribution >= 0.6 is 11.6 Å². The average Bonchev–Trinajstić information content (AvgIpc) is 2.63. The monoisotopic (exact) mass is 356 g/mol. The Morgan fingerprint density at radius 1 is 1.08 bits per heavy atom. The lowest BCUT2D eigenvalue weighted by Crippen LogP contribution is -2.20. The molecule has 0 aliphatic carbocycles. The van der Waals surface area contributed by atoms with Gasteiger partial charge in [-0.1, -0.05) is 23.7 Å². The maximum atomic E-state index is 12.2. The number of fused-ring (bicyclic) bond motifs is 1. The molecule has 0 spiro atoms. The SMILES string of the molecule is CCOc1ccccc1NC(=O)COc1ccc(Cl)c2cccnc12. The van der Waals surface area contributed by atoms with Crippen LogP contribution in [0.1, 0.15) is 6.92 Å². The minimum absolute atomic E-state index is 0.145.